The summed E-state index contributed by atoms with van der Waals surface area (Å²) in [6.45, 7) is 0.202. The molecule has 0 aromatic heterocycles. The van der Waals surface area contributed by atoms with Crippen molar-refractivity contribution in [1.29, 1.82) is 0 Å². The third-order valence-corrected chi connectivity index (χ3v) is 8.06. The van der Waals surface area contributed by atoms with E-state index in [1.807, 2.05) is 24.3 Å². The van der Waals surface area contributed by atoms with E-state index in [1.165, 1.54) is 5.56 Å². The van der Waals surface area contributed by atoms with Gasteiger partial charge in [0.25, 0.3) is 5.91 Å². The standard InChI is InChI=1S/C31H38N2O7/c34-28(33-25-11-5-22(6-12-25)21-3-1-20(2-4-21)19-29(35)36)17-18-32-30(37)23-7-13-26(14-8-23)40-27-15-9-24(10-16-27)31(38)39/h5-8,11-14,20-21,24,27H,1-4,9-10,15-19H2,(H,32,37)(H,33,34)(H,35,36)(H,38,39)/t20-,21-,24-,27+. The number of carboxylic acid groups (broad SMARTS) is 2. The maximum absolute atomic E-state index is 12.5. The molecule has 9 heteroatoms. The van der Waals surface area contributed by atoms with Gasteiger partial charge < -0.3 is 25.6 Å². The van der Waals surface area contributed by atoms with E-state index in [4.69, 9.17) is 14.9 Å². The van der Waals surface area contributed by atoms with Crippen LogP contribution in [0.15, 0.2) is 48.5 Å². The lowest BCUT2D eigenvalue weighted by Gasteiger charge is -2.28. The first kappa shape index (κ1) is 29.1. The van der Waals surface area contributed by atoms with Crippen LogP contribution in [-0.4, -0.2) is 46.6 Å². The van der Waals surface area contributed by atoms with Crippen LogP contribution in [0.5, 0.6) is 5.75 Å². The third kappa shape index (κ3) is 8.56. The van der Waals surface area contributed by atoms with Crippen molar-refractivity contribution in [2.45, 2.75) is 76.2 Å². The number of carbonyl (C=O) groups is 4. The second kappa shape index (κ2) is 14.0. The van der Waals surface area contributed by atoms with Crippen molar-refractivity contribution in [3.8, 4) is 5.75 Å². The predicted octanol–water partition coefficient (Wildman–Crippen LogP) is 5.22. The van der Waals surface area contributed by atoms with Crippen molar-refractivity contribution in [2.24, 2.45) is 11.8 Å². The zero-order valence-electron chi connectivity index (χ0n) is 22.6. The van der Waals surface area contributed by atoms with Crippen molar-refractivity contribution in [1.82, 2.24) is 5.32 Å². The van der Waals surface area contributed by atoms with Gasteiger partial charge in [0, 0.05) is 30.6 Å². The van der Waals surface area contributed by atoms with Crippen LogP contribution < -0.4 is 15.4 Å². The van der Waals surface area contributed by atoms with Crippen LogP contribution in [0.25, 0.3) is 0 Å². The van der Waals surface area contributed by atoms with E-state index in [-0.39, 0.29) is 49.1 Å². The minimum Gasteiger partial charge on any atom is -0.490 e. The number of benzene rings is 2. The molecule has 0 spiro atoms. The van der Waals surface area contributed by atoms with Gasteiger partial charge in [-0.05, 0) is 105 Å². The van der Waals surface area contributed by atoms with Crippen LogP contribution in [0, 0.1) is 11.8 Å². The first-order valence-corrected chi connectivity index (χ1v) is 14.2. The number of hydrogen-bond donors (Lipinski definition) is 4. The fourth-order valence-corrected chi connectivity index (χ4v) is 5.71. The molecule has 2 aromatic carbocycles. The molecule has 214 valence electrons. The van der Waals surface area contributed by atoms with Gasteiger partial charge in [-0.1, -0.05) is 12.1 Å². The lowest BCUT2D eigenvalue weighted by molar-refractivity contribution is -0.143. The monoisotopic (exact) mass is 550 g/mol. The molecular weight excluding hydrogens is 512 g/mol. The number of ether oxygens (including phenoxy) is 1. The Morgan fingerprint density at radius 3 is 2.05 bits per heavy atom. The van der Waals surface area contributed by atoms with Crippen molar-refractivity contribution in [3.63, 3.8) is 0 Å². The molecule has 2 aliphatic rings. The molecule has 9 nitrogen and oxygen atoms in total. The molecular formula is C31H38N2O7. The van der Waals surface area contributed by atoms with E-state index in [2.05, 4.69) is 10.6 Å². The van der Waals surface area contributed by atoms with Crippen LogP contribution in [-0.2, 0) is 14.4 Å². The molecule has 0 aliphatic heterocycles. The molecule has 0 atom stereocenters. The largest absolute Gasteiger partial charge is 0.490 e. The summed E-state index contributed by atoms with van der Waals surface area (Å²) in [5.41, 5.74) is 2.38. The summed E-state index contributed by atoms with van der Waals surface area (Å²) in [6, 6.07) is 14.6. The van der Waals surface area contributed by atoms with Gasteiger partial charge in [0.1, 0.15) is 5.75 Å². The average Bonchev–Trinajstić information content (AvgIpc) is 2.94. The Morgan fingerprint density at radius 2 is 1.45 bits per heavy atom. The van der Waals surface area contributed by atoms with Crippen LogP contribution in [0.1, 0.15) is 86.0 Å². The number of anilines is 1. The smallest absolute Gasteiger partial charge is 0.306 e. The molecule has 2 aliphatic carbocycles. The van der Waals surface area contributed by atoms with E-state index in [0.717, 1.165) is 25.7 Å². The van der Waals surface area contributed by atoms with Crippen LogP contribution in [0.3, 0.4) is 0 Å². The predicted molar refractivity (Wildman–Crippen MR) is 149 cm³/mol. The molecule has 40 heavy (non-hydrogen) atoms. The van der Waals surface area contributed by atoms with Crippen molar-refractivity contribution >= 4 is 29.4 Å². The Bertz CT molecular complexity index is 1160. The molecule has 0 saturated heterocycles. The van der Waals surface area contributed by atoms with Crippen LogP contribution in [0.4, 0.5) is 5.69 Å². The molecule has 2 aromatic rings. The Kier molecular flexibility index (Phi) is 10.2. The lowest BCUT2D eigenvalue weighted by atomic mass is 9.77. The Balaban J connectivity index is 1.14. The Hall–Kier alpha value is -3.88. The Labute approximate surface area is 234 Å². The summed E-state index contributed by atoms with van der Waals surface area (Å²) in [7, 11) is 0. The summed E-state index contributed by atoms with van der Waals surface area (Å²) in [5, 5.41) is 23.7. The van der Waals surface area contributed by atoms with Crippen molar-refractivity contribution in [2.75, 3.05) is 11.9 Å². The lowest BCUT2D eigenvalue weighted by Crippen LogP contribution is -2.28. The number of rotatable bonds is 11. The van der Waals surface area contributed by atoms with E-state index in [1.54, 1.807) is 24.3 Å². The first-order valence-electron chi connectivity index (χ1n) is 14.2. The molecule has 0 bridgehead atoms. The quantitative estimate of drug-likeness (QED) is 0.301. The summed E-state index contributed by atoms with van der Waals surface area (Å²) >= 11 is 0. The SMILES string of the molecule is O=C(O)C[C@H]1CC[C@H](c2ccc(NC(=O)CCNC(=O)c3ccc(O[C@H]4CC[C@@H](C(=O)O)CC4)cc3)cc2)CC1. The second-order valence-corrected chi connectivity index (χ2v) is 10.9. The number of hydrogen-bond acceptors (Lipinski definition) is 5. The number of nitrogens with one attached hydrogen (secondary N) is 2. The highest BCUT2D eigenvalue weighted by Crippen LogP contribution is 2.37. The summed E-state index contributed by atoms with van der Waals surface area (Å²) < 4.78 is 5.95. The molecule has 2 amide bonds. The third-order valence-electron chi connectivity index (χ3n) is 8.06. The number of carbonyl (C=O) groups excluding carboxylic acids is 2. The van der Waals surface area contributed by atoms with E-state index < -0.39 is 11.9 Å². The zero-order valence-corrected chi connectivity index (χ0v) is 22.6. The van der Waals surface area contributed by atoms with Gasteiger partial charge in [0.2, 0.25) is 5.91 Å². The van der Waals surface area contributed by atoms with Gasteiger partial charge in [0.05, 0.1) is 12.0 Å². The number of aliphatic carboxylic acids is 2. The highest BCUT2D eigenvalue weighted by molar-refractivity contribution is 5.95. The summed E-state index contributed by atoms with van der Waals surface area (Å²) in [4.78, 5) is 46.9. The van der Waals surface area contributed by atoms with Crippen LogP contribution in [0.2, 0.25) is 0 Å². The molecule has 0 heterocycles. The highest BCUT2D eigenvalue weighted by atomic mass is 16.5. The first-order chi connectivity index (χ1) is 19.3. The fourth-order valence-electron chi connectivity index (χ4n) is 5.71. The Morgan fingerprint density at radius 1 is 0.800 bits per heavy atom. The maximum atomic E-state index is 12.5. The normalized spacial score (nSPS) is 22.6. The van der Waals surface area contributed by atoms with Crippen molar-refractivity contribution < 1.29 is 34.1 Å². The van der Waals surface area contributed by atoms with Gasteiger partial charge in [0.15, 0.2) is 0 Å². The highest BCUT2D eigenvalue weighted by Gasteiger charge is 2.27. The van der Waals surface area contributed by atoms with Gasteiger partial charge >= 0.3 is 11.9 Å². The minimum atomic E-state index is -0.744. The molecule has 0 radical (unpaired) electrons. The average molecular weight is 551 g/mol. The summed E-state index contributed by atoms with van der Waals surface area (Å²) in [6.07, 6.45) is 6.80. The van der Waals surface area contributed by atoms with Gasteiger partial charge in [-0.2, -0.15) is 0 Å². The molecule has 2 fully saturated rings. The fraction of sp³-hybridized carbons (Fsp3) is 0.484. The summed E-state index contributed by atoms with van der Waals surface area (Å²) in [5.74, 6) is -0.889. The topological polar surface area (TPSA) is 142 Å². The van der Waals surface area contributed by atoms with Gasteiger partial charge in [-0.25, -0.2) is 0 Å². The number of carboxylic acids is 2. The maximum Gasteiger partial charge on any atom is 0.306 e. The number of amides is 2. The molecule has 4 rings (SSSR count). The van der Waals surface area contributed by atoms with Crippen LogP contribution >= 0.6 is 0 Å². The van der Waals surface area contributed by atoms with Crippen molar-refractivity contribution in [3.05, 3.63) is 59.7 Å². The zero-order chi connectivity index (χ0) is 28.5. The van der Waals surface area contributed by atoms with Gasteiger partial charge in [-0.3, -0.25) is 19.2 Å². The van der Waals surface area contributed by atoms with E-state index in [9.17, 15) is 19.2 Å². The minimum absolute atomic E-state index is 0.0181. The second-order valence-electron chi connectivity index (χ2n) is 10.9. The van der Waals surface area contributed by atoms with E-state index in [0.29, 0.717) is 48.6 Å². The molecule has 0 unspecified atom stereocenters. The molecule has 4 N–H and O–H groups in total. The molecule has 2 saturated carbocycles. The van der Waals surface area contributed by atoms with Gasteiger partial charge in [-0.15, -0.1) is 0 Å². The van der Waals surface area contributed by atoms with E-state index >= 15 is 0 Å².